The number of hydrogen-bond acceptors (Lipinski definition) is 8. The Morgan fingerprint density at radius 3 is 2.33 bits per heavy atom. The number of aliphatic hydroxyl groups is 1. The summed E-state index contributed by atoms with van der Waals surface area (Å²) in [7, 11) is -3.38. The predicted molar refractivity (Wildman–Crippen MR) is 161 cm³/mol. The van der Waals surface area contributed by atoms with Gasteiger partial charge in [0.2, 0.25) is 0 Å². The van der Waals surface area contributed by atoms with E-state index in [2.05, 4.69) is 5.32 Å². The number of hydrogen-bond donors (Lipinski definition) is 2. The standard InChI is InChI=1S/C32H34F3N3O6S/c1-2-45(41,42)29-14-6-22(7-15-29)30(20-39)37-31(40)23-4-10-25(11-5-23)38-19-28(18-26(38)21-43-17-3-16-36)44-27-12-8-24(9-13-27)32(33,34)35/h4-15,26,28,30,39H,2-3,17-21H2,1H3,(H,37,40)/t26-,28+,30-/m0/s1. The second-order valence-corrected chi connectivity index (χ2v) is 12.8. The number of halogens is 3. The summed E-state index contributed by atoms with van der Waals surface area (Å²) >= 11 is 0. The lowest BCUT2D eigenvalue weighted by atomic mass is 10.1. The van der Waals surface area contributed by atoms with E-state index in [0.29, 0.717) is 36.4 Å². The third-order valence-electron chi connectivity index (χ3n) is 7.50. The van der Waals surface area contributed by atoms with Crippen molar-refractivity contribution in [2.45, 2.75) is 49.0 Å². The van der Waals surface area contributed by atoms with Crippen LogP contribution in [0.15, 0.2) is 77.7 Å². The summed E-state index contributed by atoms with van der Waals surface area (Å²) in [5.74, 6) is -0.167. The largest absolute Gasteiger partial charge is 0.489 e. The lowest BCUT2D eigenvalue weighted by Crippen LogP contribution is -2.34. The molecule has 0 bridgehead atoms. The molecule has 2 N–H and O–H groups in total. The Bertz CT molecular complexity index is 1570. The number of ether oxygens (including phenoxy) is 2. The molecule has 0 spiro atoms. The Hall–Kier alpha value is -4.12. The Kier molecular flexibility index (Phi) is 11.1. The number of nitrogens with zero attached hydrogens (tertiary/aromatic N) is 2. The van der Waals surface area contributed by atoms with Gasteiger partial charge >= 0.3 is 6.18 Å². The molecular weight excluding hydrogens is 611 g/mol. The highest BCUT2D eigenvalue weighted by molar-refractivity contribution is 7.91. The highest BCUT2D eigenvalue weighted by Crippen LogP contribution is 2.32. The van der Waals surface area contributed by atoms with Crippen molar-refractivity contribution in [3.8, 4) is 11.8 Å². The SMILES string of the molecule is CCS(=O)(=O)c1ccc([C@H](CO)NC(=O)c2ccc(N3C[C@H](Oc4ccc(C(F)(F)F)cc4)C[C@H]3COCCC#N)cc2)cc1. The Morgan fingerprint density at radius 2 is 1.76 bits per heavy atom. The molecule has 13 heteroatoms. The number of sulfone groups is 1. The van der Waals surface area contributed by atoms with Gasteiger partial charge in [0.1, 0.15) is 11.9 Å². The summed E-state index contributed by atoms with van der Waals surface area (Å²) in [5, 5.41) is 21.5. The van der Waals surface area contributed by atoms with Gasteiger partial charge in [-0.25, -0.2) is 8.42 Å². The quantitative estimate of drug-likeness (QED) is 0.251. The van der Waals surface area contributed by atoms with Gasteiger partial charge in [-0.05, 0) is 66.2 Å². The molecule has 4 rings (SSSR count). The number of anilines is 1. The van der Waals surface area contributed by atoms with E-state index in [1.165, 1.54) is 24.3 Å². The molecule has 240 valence electrons. The molecule has 9 nitrogen and oxygen atoms in total. The van der Waals surface area contributed by atoms with E-state index in [1.807, 2.05) is 11.0 Å². The minimum Gasteiger partial charge on any atom is -0.489 e. The first-order chi connectivity index (χ1) is 21.4. The maximum atomic E-state index is 13.0. The van der Waals surface area contributed by atoms with Crippen LogP contribution in [0.5, 0.6) is 5.75 Å². The van der Waals surface area contributed by atoms with Crippen molar-refractivity contribution in [2.24, 2.45) is 0 Å². The zero-order valence-electron chi connectivity index (χ0n) is 24.5. The number of carbonyl (C=O) groups is 1. The summed E-state index contributed by atoms with van der Waals surface area (Å²) in [5.41, 5.74) is 0.890. The fourth-order valence-electron chi connectivity index (χ4n) is 5.04. The van der Waals surface area contributed by atoms with Gasteiger partial charge in [0.25, 0.3) is 5.91 Å². The van der Waals surface area contributed by atoms with E-state index in [9.17, 15) is 31.5 Å². The number of nitriles is 1. The van der Waals surface area contributed by atoms with Crippen LogP contribution < -0.4 is 15.0 Å². The third kappa shape index (κ3) is 8.75. The van der Waals surface area contributed by atoms with Gasteiger partial charge in [-0.2, -0.15) is 18.4 Å². The molecule has 3 aromatic rings. The first-order valence-electron chi connectivity index (χ1n) is 14.3. The van der Waals surface area contributed by atoms with Crippen LogP contribution in [-0.2, 0) is 20.8 Å². The van der Waals surface area contributed by atoms with E-state index in [0.717, 1.165) is 17.8 Å². The van der Waals surface area contributed by atoms with Gasteiger partial charge in [-0.1, -0.05) is 19.1 Å². The molecule has 0 aromatic heterocycles. The van der Waals surface area contributed by atoms with Crippen LogP contribution in [0.3, 0.4) is 0 Å². The second-order valence-electron chi connectivity index (χ2n) is 10.5. The van der Waals surface area contributed by atoms with Gasteiger partial charge in [0.15, 0.2) is 9.84 Å². The van der Waals surface area contributed by atoms with Crippen molar-refractivity contribution in [3.63, 3.8) is 0 Å². The zero-order valence-corrected chi connectivity index (χ0v) is 25.4. The summed E-state index contributed by atoms with van der Waals surface area (Å²) in [4.78, 5) is 15.2. The summed E-state index contributed by atoms with van der Waals surface area (Å²) < 4.78 is 74.7. The highest BCUT2D eigenvalue weighted by Gasteiger charge is 2.35. The maximum Gasteiger partial charge on any atom is 0.416 e. The molecule has 1 heterocycles. The van der Waals surface area contributed by atoms with Gasteiger partial charge in [0.05, 0.1) is 67.2 Å². The number of carbonyl (C=O) groups excluding carboxylic acids is 1. The molecule has 1 saturated heterocycles. The fourth-order valence-corrected chi connectivity index (χ4v) is 5.92. The molecule has 1 amide bonds. The second kappa shape index (κ2) is 14.8. The van der Waals surface area contributed by atoms with Crippen molar-refractivity contribution in [1.29, 1.82) is 5.26 Å². The van der Waals surface area contributed by atoms with Gasteiger partial charge in [-0.3, -0.25) is 4.79 Å². The maximum absolute atomic E-state index is 13.0. The van der Waals surface area contributed by atoms with Gasteiger partial charge < -0.3 is 24.8 Å². The van der Waals surface area contributed by atoms with Crippen molar-refractivity contribution in [1.82, 2.24) is 5.32 Å². The molecule has 45 heavy (non-hydrogen) atoms. The molecule has 0 radical (unpaired) electrons. The number of aliphatic hydroxyl groups excluding tert-OH is 1. The van der Waals surface area contributed by atoms with Crippen molar-refractivity contribution in [2.75, 3.05) is 37.0 Å². The average Bonchev–Trinajstić information content (AvgIpc) is 3.44. The number of alkyl halides is 3. The van der Waals surface area contributed by atoms with E-state index in [-0.39, 0.29) is 35.8 Å². The first kappa shape index (κ1) is 33.8. The number of benzene rings is 3. The number of nitrogens with one attached hydrogen (secondary N) is 1. The molecule has 0 aliphatic carbocycles. The van der Waals surface area contributed by atoms with Crippen LogP contribution in [0.1, 0.15) is 47.3 Å². The Morgan fingerprint density at radius 1 is 1.09 bits per heavy atom. The molecular formula is C32H34F3N3O6S. The first-order valence-corrected chi connectivity index (χ1v) is 16.0. The van der Waals surface area contributed by atoms with E-state index >= 15 is 0 Å². The van der Waals surface area contributed by atoms with Crippen LogP contribution >= 0.6 is 0 Å². The molecule has 1 fully saturated rings. The topological polar surface area (TPSA) is 129 Å². The van der Waals surface area contributed by atoms with Crippen LogP contribution in [0.2, 0.25) is 0 Å². The number of amides is 1. The molecule has 0 unspecified atom stereocenters. The summed E-state index contributed by atoms with van der Waals surface area (Å²) in [6, 6.07) is 18.4. The Balaban J connectivity index is 1.44. The minimum atomic E-state index is -4.44. The van der Waals surface area contributed by atoms with Crippen LogP contribution in [0.25, 0.3) is 0 Å². The Labute approximate surface area is 260 Å². The van der Waals surface area contributed by atoms with Crippen LogP contribution in [0, 0.1) is 11.3 Å². The fraction of sp³-hybridized carbons (Fsp3) is 0.375. The van der Waals surface area contributed by atoms with Gasteiger partial charge in [0, 0.05) is 17.7 Å². The van der Waals surface area contributed by atoms with Gasteiger partial charge in [-0.15, -0.1) is 0 Å². The van der Waals surface area contributed by atoms with Crippen LogP contribution in [0.4, 0.5) is 18.9 Å². The molecule has 3 aromatic carbocycles. The predicted octanol–water partition coefficient (Wildman–Crippen LogP) is 4.92. The summed E-state index contributed by atoms with van der Waals surface area (Å²) in [6.07, 6.45) is -4.04. The van der Waals surface area contributed by atoms with Crippen molar-refractivity contribution < 1.29 is 41.0 Å². The molecule has 3 atom stereocenters. The van der Waals surface area contributed by atoms with Crippen molar-refractivity contribution >= 4 is 21.4 Å². The van der Waals surface area contributed by atoms with E-state index in [4.69, 9.17) is 14.7 Å². The average molecular weight is 646 g/mol. The number of rotatable bonds is 13. The lowest BCUT2D eigenvalue weighted by molar-refractivity contribution is -0.137. The smallest absolute Gasteiger partial charge is 0.416 e. The highest BCUT2D eigenvalue weighted by atomic mass is 32.2. The third-order valence-corrected chi connectivity index (χ3v) is 9.25. The zero-order chi connectivity index (χ0) is 32.6. The minimum absolute atomic E-state index is 0.0399. The lowest BCUT2D eigenvalue weighted by Gasteiger charge is -2.26. The van der Waals surface area contributed by atoms with Crippen LogP contribution in [-0.4, -0.2) is 63.7 Å². The monoisotopic (exact) mass is 645 g/mol. The van der Waals surface area contributed by atoms with E-state index in [1.54, 1.807) is 43.3 Å². The molecule has 0 saturated carbocycles. The molecule has 1 aliphatic heterocycles. The molecule has 1 aliphatic rings. The normalized spacial score (nSPS) is 17.5. The summed E-state index contributed by atoms with van der Waals surface area (Å²) in [6.45, 7) is 2.12. The van der Waals surface area contributed by atoms with E-state index < -0.39 is 40.1 Å². The van der Waals surface area contributed by atoms with Crippen molar-refractivity contribution in [3.05, 3.63) is 89.5 Å².